The van der Waals surface area contributed by atoms with E-state index in [9.17, 15) is 0 Å². The Hall–Kier alpha value is -0.610. The number of rotatable bonds is 6. The van der Waals surface area contributed by atoms with Crippen molar-refractivity contribution < 1.29 is 0 Å². The molecule has 0 aliphatic heterocycles. The van der Waals surface area contributed by atoms with Crippen molar-refractivity contribution in [2.24, 2.45) is 5.73 Å². The minimum absolute atomic E-state index is 0.170. The highest BCUT2D eigenvalue weighted by Crippen LogP contribution is 2.17. The lowest BCUT2D eigenvalue weighted by molar-refractivity contribution is 0.730. The van der Waals surface area contributed by atoms with Crippen LogP contribution in [0.5, 0.6) is 0 Å². The molecule has 2 unspecified atom stereocenters. The van der Waals surface area contributed by atoms with Crippen LogP contribution in [0.2, 0.25) is 0 Å². The lowest BCUT2D eigenvalue weighted by Gasteiger charge is -2.08. The first kappa shape index (κ1) is 13.5. The summed E-state index contributed by atoms with van der Waals surface area (Å²) in [5.74, 6) is 1.81. The Labute approximate surface area is 102 Å². The first-order chi connectivity index (χ1) is 7.61. The smallest absolute Gasteiger partial charge is 0.138 e. The van der Waals surface area contributed by atoms with Gasteiger partial charge in [-0.2, -0.15) is 11.8 Å². The highest BCUT2D eigenvalue weighted by Gasteiger charge is 2.03. The predicted octanol–water partition coefficient (Wildman–Crippen LogP) is 2.40. The molecule has 0 aromatic carbocycles. The van der Waals surface area contributed by atoms with Crippen LogP contribution in [0.25, 0.3) is 0 Å². The summed E-state index contributed by atoms with van der Waals surface area (Å²) < 4.78 is 0. The largest absolute Gasteiger partial charge is 0.328 e. The summed E-state index contributed by atoms with van der Waals surface area (Å²) >= 11 is 1.90. The molecule has 0 spiro atoms. The Balaban J connectivity index is 2.45. The molecule has 0 aliphatic carbocycles. The first-order valence-corrected chi connectivity index (χ1v) is 6.83. The summed E-state index contributed by atoms with van der Waals surface area (Å²) in [4.78, 5) is 8.70. The van der Waals surface area contributed by atoms with E-state index >= 15 is 0 Å². The van der Waals surface area contributed by atoms with Crippen LogP contribution in [0, 0.1) is 0 Å². The van der Waals surface area contributed by atoms with E-state index in [1.807, 2.05) is 31.1 Å². The minimum Gasteiger partial charge on any atom is -0.328 e. The second-order valence-corrected chi connectivity index (χ2v) is 5.65. The predicted molar refractivity (Wildman–Crippen MR) is 70.4 cm³/mol. The normalized spacial score (nSPS) is 14.8. The first-order valence-electron chi connectivity index (χ1n) is 5.78. The Bertz CT molecular complexity index is 298. The Morgan fingerprint density at radius 2 is 1.94 bits per heavy atom. The van der Waals surface area contributed by atoms with E-state index in [1.165, 1.54) is 6.42 Å². The fraction of sp³-hybridized carbons (Fsp3) is 0.667. The van der Waals surface area contributed by atoms with Crippen LogP contribution in [0.3, 0.4) is 0 Å². The van der Waals surface area contributed by atoms with Crippen LogP contribution in [0.15, 0.2) is 12.4 Å². The zero-order valence-corrected chi connectivity index (χ0v) is 11.1. The number of hydrogen-bond donors (Lipinski definition) is 1. The summed E-state index contributed by atoms with van der Waals surface area (Å²) in [7, 11) is 0. The standard InChI is InChI=1S/C12H21N3S/c1-4-10(3)16-8-12-14-6-11(7-15-12)5-9(2)13/h6-7,9-10H,4-5,8,13H2,1-3H3. The van der Waals surface area contributed by atoms with Gasteiger partial charge in [0.15, 0.2) is 0 Å². The van der Waals surface area contributed by atoms with Gasteiger partial charge < -0.3 is 5.73 Å². The summed E-state index contributed by atoms with van der Waals surface area (Å²) in [6.45, 7) is 6.42. The topological polar surface area (TPSA) is 51.8 Å². The van der Waals surface area contributed by atoms with Gasteiger partial charge in [-0.1, -0.05) is 13.8 Å². The fourth-order valence-electron chi connectivity index (χ4n) is 1.27. The third-order valence-corrected chi connectivity index (χ3v) is 3.72. The average Bonchev–Trinajstić information content (AvgIpc) is 2.27. The lowest BCUT2D eigenvalue weighted by Crippen LogP contribution is -2.18. The second kappa shape index (κ2) is 6.86. The van der Waals surface area contributed by atoms with Crippen molar-refractivity contribution in [3.05, 3.63) is 23.8 Å². The van der Waals surface area contributed by atoms with Crippen molar-refractivity contribution in [2.45, 2.75) is 50.7 Å². The molecular weight excluding hydrogens is 218 g/mol. The van der Waals surface area contributed by atoms with Gasteiger partial charge in [-0.05, 0) is 25.3 Å². The Morgan fingerprint density at radius 3 is 2.44 bits per heavy atom. The SMILES string of the molecule is CCC(C)SCc1ncc(CC(C)N)cn1. The monoisotopic (exact) mass is 239 g/mol. The molecule has 0 fully saturated rings. The van der Waals surface area contributed by atoms with E-state index in [2.05, 4.69) is 23.8 Å². The molecule has 0 bridgehead atoms. The molecule has 16 heavy (non-hydrogen) atoms. The molecular formula is C12H21N3S. The molecule has 1 heterocycles. The van der Waals surface area contributed by atoms with Crippen molar-refractivity contribution in [3.8, 4) is 0 Å². The molecule has 1 aromatic rings. The number of aromatic nitrogens is 2. The number of nitrogens with zero attached hydrogens (tertiary/aromatic N) is 2. The van der Waals surface area contributed by atoms with Gasteiger partial charge in [-0.25, -0.2) is 9.97 Å². The lowest BCUT2D eigenvalue weighted by atomic mass is 10.1. The maximum atomic E-state index is 5.72. The summed E-state index contributed by atoms with van der Waals surface area (Å²) in [6, 6.07) is 0.170. The minimum atomic E-state index is 0.170. The number of nitrogens with two attached hydrogens (primary N) is 1. The van der Waals surface area contributed by atoms with E-state index in [1.54, 1.807) is 0 Å². The molecule has 1 rings (SSSR count). The maximum Gasteiger partial charge on any atom is 0.138 e. The molecule has 2 atom stereocenters. The zero-order valence-electron chi connectivity index (χ0n) is 10.3. The molecule has 3 nitrogen and oxygen atoms in total. The molecule has 2 N–H and O–H groups in total. The van der Waals surface area contributed by atoms with Crippen molar-refractivity contribution in [2.75, 3.05) is 0 Å². The Morgan fingerprint density at radius 1 is 1.31 bits per heavy atom. The third-order valence-electron chi connectivity index (χ3n) is 2.39. The van der Waals surface area contributed by atoms with Crippen molar-refractivity contribution >= 4 is 11.8 Å². The van der Waals surface area contributed by atoms with E-state index in [0.29, 0.717) is 5.25 Å². The Kier molecular flexibility index (Phi) is 5.77. The quantitative estimate of drug-likeness (QED) is 0.828. The van der Waals surface area contributed by atoms with Crippen molar-refractivity contribution in [1.29, 1.82) is 0 Å². The van der Waals surface area contributed by atoms with Crippen LogP contribution in [0.1, 0.15) is 38.6 Å². The van der Waals surface area contributed by atoms with Gasteiger partial charge in [0.25, 0.3) is 0 Å². The van der Waals surface area contributed by atoms with E-state index < -0.39 is 0 Å². The van der Waals surface area contributed by atoms with Gasteiger partial charge >= 0.3 is 0 Å². The zero-order chi connectivity index (χ0) is 12.0. The van der Waals surface area contributed by atoms with Gasteiger partial charge in [0.2, 0.25) is 0 Å². The van der Waals surface area contributed by atoms with Gasteiger partial charge in [-0.3, -0.25) is 0 Å². The highest BCUT2D eigenvalue weighted by molar-refractivity contribution is 7.99. The van der Waals surface area contributed by atoms with Crippen LogP contribution in [-0.4, -0.2) is 21.3 Å². The highest BCUT2D eigenvalue weighted by atomic mass is 32.2. The average molecular weight is 239 g/mol. The summed E-state index contributed by atoms with van der Waals surface area (Å²) in [6.07, 6.45) is 5.82. The molecule has 0 radical (unpaired) electrons. The summed E-state index contributed by atoms with van der Waals surface area (Å²) in [5.41, 5.74) is 6.84. The second-order valence-electron chi connectivity index (χ2n) is 4.22. The van der Waals surface area contributed by atoms with Crippen LogP contribution >= 0.6 is 11.8 Å². The van der Waals surface area contributed by atoms with Crippen LogP contribution in [0.4, 0.5) is 0 Å². The van der Waals surface area contributed by atoms with E-state index in [0.717, 1.165) is 23.6 Å². The molecule has 0 aliphatic rings. The van der Waals surface area contributed by atoms with Gasteiger partial charge in [-0.15, -0.1) is 0 Å². The van der Waals surface area contributed by atoms with Gasteiger partial charge in [0.05, 0.1) is 5.75 Å². The van der Waals surface area contributed by atoms with E-state index in [4.69, 9.17) is 5.73 Å². The fourth-order valence-corrected chi connectivity index (χ4v) is 2.09. The molecule has 0 saturated heterocycles. The molecule has 0 saturated carbocycles. The van der Waals surface area contributed by atoms with Crippen LogP contribution < -0.4 is 5.73 Å². The van der Waals surface area contributed by atoms with Gasteiger partial charge in [0.1, 0.15) is 5.82 Å². The van der Waals surface area contributed by atoms with Crippen LogP contribution in [-0.2, 0) is 12.2 Å². The van der Waals surface area contributed by atoms with Crippen molar-refractivity contribution in [3.63, 3.8) is 0 Å². The number of thioether (sulfide) groups is 1. The maximum absolute atomic E-state index is 5.72. The molecule has 4 heteroatoms. The number of hydrogen-bond acceptors (Lipinski definition) is 4. The third kappa shape index (κ3) is 4.94. The summed E-state index contributed by atoms with van der Waals surface area (Å²) in [5, 5.41) is 0.673. The van der Waals surface area contributed by atoms with Gasteiger partial charge in [0, 0.05) is 23.7 Å². The molecule has 1 aromatic heterocycles. The molecule has 0 amide bonds. The molecule has 90 valence electrons. The van der Waals surface area contributed by atoms with Crippen molar-refractivity contribution in [1.82, 2.24) is 9.97 Å². The van der Waals surface area contributed by atoms with E-state index in [-0.39, 0.29) is 6.04 Å².